The predicted octanol–water partition coefficient (Wildman–Crippen LogP) is 4.12. The van der Waals surface area contributed by atoms with Crippen LogP contribution in [-0.2, 0) is 11.2 Å². The summed E-state index contributed by atoms with van der Waals surface area (Å²) in [5.41, 5.74) is 4.33. The van der Waals surface area contributed by atoms with E-state index in [1.165, 1.54) is 12.1 Å². The van der Waals surface area contributed by atoms with Crippen LogP contribution in [0.4, 0.5) is 20.6 Å². The van der Waals surface area contributed by atoms with Crippen molar-refractivity contribution in [2.75, 3.05) is 17.2 Å². The van der Waals surface area contributed by atoms with Gasteiger partial charge in [0.05, 0.1) is 17.8 Å². The van der Waals surface area contributed by atoms with E-state index >= 15 is 0 Å². The summed E-state index contributed by atoms with van der Waals surface area (Å²) in [4.78, 5) is 24.2. The van der Waals surface area contributed by atoms with E-state index in [0.29, 0.717) is 17.9 Å². The van der Waals surface area contributed by atoms with Crippen LogP contribution in [-0.4, -0.2) is 28.3 Å². The van der Waals surface area contributed by atoms with Gasteiger partial charge in [0.25, 0.3) is 0 Å². The average Bonchev–Trinajstić information content (AvgIpc) is 3.02. The highest BCUT2D eigenvalue weighted by molar-refractivity contribution is 5.93. The van der Waals surface area contributed by atoms with Gasteiger partial charge in [-0.3, -0.25) is 4.79 Å². The molecule has 7 nitrogen and oxygen atoms in total. The molecule has 0 unspecified atom stereocenters. The van der Waals surface area contributed by atoms with Gasteiger partial charge in [0.1, 0.15) is 5.82 Å². The number of anilines is 2. The van der Waals surface area contributed by atoms with Gasteiger partial charge >= 0.3 is 6.03 Å². The summed E-state index contributed by atoms with van der Waals surface area (Å²) in [5.74, 6) is -0.502. The number of nitrogens with zero attached hydrogens (tertiary/aromatic N) is 2. The van der Waals surface area contributed by atoms with Crippen LogP contribution in [0, 0.1) is 19.7 Å². The number of carbonyl (C=O) groups excluding carboxylic acids is 2. The van der Waals surface area contributed by atoms with E-state index in [1.807, 2.05) is 13.8 Å². The number of rotatable bonds is 7. The van der Waals surface area contributed by atoms with Crippen LogP contribution >= 0.6 is 0 Å². The van der Waals surface area contributed by atoms with Gasteiger partial charge in [-0.25, -0.2) is 13.9 Å². The van der Waals surface area contributed by atoms with Crippen LogP contribution in [0.5, 0.6) is 0 Å². The topological polar surface area (TPSA) is 88.1 Å². The van der Waals surface area contributed by atoms with Gasteiger partial charge in [-0.2, -0.15) is 5.10 Å². The fraction of sp³-hybridized carbons (Fsp3) is 0.174. The minimum atomic E-state index is -0.333. The Morgan fingerprint density at radius 3 is 2.26 bits per heavy atom. The lowest BCUT2D eigenvalue weighted by molar-refractivity contribution is -0.115. The highest BCUT2D eigenvalue weighted by Crippen LogP contribution is 2.20. The predicted molar refractivity (Wildman–Crippen MR) is 119 cm³/mol. The third kappa shape index (κ3) is 5.57. The zero-order valence-corrected chi connectivity index (χ0v) is 17.4. The highest BCUT2D eigenvalue weighted by Gasteiger charge is 2.16. The molecule has 1 aromatic heterocycles. The second-order valence-corrected chi connectivity index (χ2v) is 6.96. The number of aryl methyl sites for hydroxylation is 1. The summed E-state index contributed by atoms with van der Waals surface area (Å²) in [7, 11) is 0. The molecule has 8 heteroatoms. The maximum atomic E-state index is 13.2. The van der Waals surface area contributed by atoms with Crippen molar-refractivity contribution in [2.45, 2.75) is 20.3 Å². The molecule has 0 radical (unpaired) electrons. The Kier molecular flexibility index (Phi) is 6.81. The van der Waals surface area contributed by atoms with Crippen LogP contribution in [0.2, 0.25) is 0 Å². The highest BCUT2D eigenvalue weighted by atomic mass is 19.1. The fourth-order valence-electron chi connectivity index (χ4n) is 3.11. The summed E-state index contributed by atoms with van der Waals surface area (Å²) < 4.78 is 14.9. The molecule has 160 valence electrons. The first kappa shape index (κ1) is 21.8. The van der Waals surface area contributed by atoms with Crippen molar-refractivity contribution in [2.24, 2.45) is 0 Å². The maximum Gasteiger partial charge on any atom is 0.319 e. The first-order valence-corrected chi connectivity index (χ1v) is 9.74. The number of hydrogen-bond donors (Lipinski definition) is 3. The molecule has 3 rings (SSSR count). The van der Waals surface area contributed by atoms with E-state index in [0.717, 1.165) is 22.6 Å². The average molecular weight is 421 g/mol. The molecule has 0 aliphatic heterocycles. The van der Waals surface area contributed by atoms with Crippen LogP contribution in [0.1, 0.15) is 17.0 Å². The molecule has 3 amide bonds. The van der Waals surface area contributed by atoms with Crippen LogP contribution < -0.4 is 16.0 Å². The third-order valence-corrected chi connectivity index (χ3v) is 4.68. The molecule has 31 heavy (non-hydrogen) atoms. The summed E-state index contributed by atoms with van der Waals surface area (Å²) >= 11 is 0. The molecular weight excluding hydrogens is 397 g/mol. The summed E-state index contributed by atoms with van der Waals surface area (Å²) in [6, 6.07) is 12.5. The first-order chi connectivity index (χ1) is 14.9. The largest absolute Gasteiger partial charge is 0.334 e. The van der Waals surface area contributed by atoms with E-state index in [-0.39, 0.29) is 24.2 Å². The summed E-state index contributed by atoms with van der Waals surface area (Å²) in [5, 5.41) is 12.6. The van der Waals surface area contributed by atoms with E-state index in [1.54, 1.807) is 47.2 Å². The lowest BCUT2D eigenvalue weighted by atomic mass is 10.1. The van der Waals surface area contributed by atoms with Gasteiger partial charge in [-0.1, -0.05) is 6.08 Å². The van der Waals surface area contributed by atoms with Crippen molar-refractivity contribution in [1.82, 2.24) is 15.1 Å². The van der Waals surface area contributed by atoms with E-state index in [4.69, 9.17) is 0 Å². The quantitative estimate of drug-likeness (QED) is 0.502. The normalized spacial score (nSPS) is 10.4. The van der Waals surface area contributed by atoms with Gasteiger partial charge in [-0.15, -0.1) is 6.58 Å². The number of nitrogens with one attached hydrogen (secondary N) is 3. The molecule has 0 fully saturated rings. The molecule has 0 aliphatic rings. The van der Waals surface area contributed by atoms with Gasteiger partial charge in [0.15, 0.2) is 0 Å². The lowest BCUT2D eigenvalue weighted by Crippen LogP contribution is -2.28. The number of aromatic nitrogens is 2. The Morgan fingerprint density at radius 1 is 1.03 bits per heavy atom. The zero-order valence-electron chi connectivity index (χ0n) is 17.4. The van der Waals surface area contributed by atoms with Crippen molar-refractivity contribution in [3.63, 3.8) is 0 Å². The molecule has 1 heterocycles. The molecule has 0 atom stereocenters. The Hall–Kier alpha value is -3.94. The first-order valence-electron chi connectivity index (χ1n) is 9.74. The maximum absolute atomic E-state index is 13.2. The zero-order chi connectivity index (χ0) is 22.4. The molecule has 3 aromatic rings. The second kappa shape index (κ2) is 9.71. The van der Waals surface area contributed by atoms with Gasteiger partial charge in [0, 0.05) is 29.2 Å². The van der Waals surface area contributed by atoms with Gasteiger partial charge in [0.2, 0.25) is 5.91 Å². The minimum Gasteiger partial charge on any atom is -0.334 e. The van der Waals surface area contributed by atoms with Crippen LogP contribution in [0.15, 0.2) is 61.2 Å². The molecule has 0 saturated heterocycles. The smallest absolute Gasteiger partial charge is 0.319 e. The molecule has 2 aromatic carbocycles. The number of amides is 3. The fourth-order valence-corrected chi connectivity index (χ4v) is 3.11. The van der Waals surface area contributed by atoms with Crippen molar-refractivity contribution in [3.05, 3.63) is 84.0 Å². The van der Waals surface area contributed by atoms with Crippen molar-refractivity contribution in [1.29, 1.82) is 0 Å². The number of hydrogen-bond acceptors (Lipinski definition) is 3. The molecule has 0 aliphatic carbocycles. The van der Waals surface area contributed by atoms with Crippen molar-refractivity contribution >= 4 is 23.3 Å². The summed E-state index contributed by atoms with van der Waals surface area (Å²) in [6.45, 7) is 7.63. The second-order valence-electron chi connectivity index (χ2n) is 6.96. The third-order valence-electron chi connectivity index (χ3n) is 4.68. The van der Waals surface area contributed by atoms with Crippen LogP contribution in [0.3, 0.4) is 0 Å². The molecular formula is C23H24FN5O2. The summed E-state index contributed by atoms with van der Waals surface area (Å²) in [6.07, 6.45) is 1.74. The van der Waals surface area contributed by atoms with Crippen LogP contribution in [0.25, 0.3) is 5.69 Å². The number of benzene rings is 2. The van der Waals surface area contributed by atoms with Gasteiger partial charge in [-0.05, 0) is 62.4 Å². The monoisotopic (exact) mass is 421 g/mol. The van der Waals surface area contributed by atoms with E-state index < -0.39 is 0 Å². The molecule has 3 N–H and O–H groups in total. The molecule has 0 saturated carbocycles. The molecule has 0 spiro atoms. The molecule has 0 bridgehead atoms. The Balaban J connectivity index is 1.64. The van der Waals surface area contributed by atoms with E-state index in [2.05, 4.69) is 27.6 Å². The van der Waals surface area contributed by atoms with E-state index in [9.17, 15) is 14.0 Å². The number of urea groups is 1. The SMILES string of the molecule is C=CCNC(=O)Nc1ccc(NC(=O)Cc2c(C)nn(-c3ccc(F)cc3)c2C)cc1. The standard InChI is InChI=1S/C23H24FN5O2/c1-4-13-25-23(31)27-19-9-7-18(8-10-19)26-22(30)14-21-15(2)28-29(16(21)3)20-11-5-17(24)6-12-20/h4-12H,1,13-14H2,2-3H3,(H,26,30)(H2,25,27,31). The lowest BCUT2D eigenvalue weighted by Gasteiger charge is -2.09. The Morgan fingerprint density at radius 2 is 1.65 bits per heavy atom. The van der Waals surface area contributed by atoms with Gasteiger partial charge < -0.3 is 16.0 Å². The minimum absolute atomic E-state index is 0.156. The van der Waals surface area contributed by atoms with Crippen molar-refractivity contribution < 1.29 is 14.0 Å². The number of carbonyl (C=O) groups is 2. The Labute approximate surface area is 180 Å². The van der Waals surface area contributed by atoms with Crippen molar-refractivity contribution in [3.8, 4) is 5.69 Å². The Bertz CT molecular complexity index is 1090. The number of halogens is 1.